The molecule has 9 nitrogen and oxygen atoms in total. The smallest absolute Gasteiger partial charge is 0.339 e. The summed E-state index contributed by atoms with van der Waals surface area (Å²) in [4.78, 5) is 64.6. The summed E-state index contributed by atoms with van der Waals surface area (Å²) in [5.41, 5.74) is 0.480. The monoisotopic (exact) mass is 554 g/mol. The van der Waals surface area contributed by atoms with Crippen molar-refractivity contribution in [3.8, 4) is 0 Å². The molecule has 0 aliphatic carbocycles. The number of hydrogen-bond acceptors (Lipinski definition) is 7. The number of benzene rings is 4. The number of nitro groups is 1. The van der Waals surface area contributed by atoms with Crippen LogP contribution in [0.5, 0.6) is 0 Å². The molecule has 1 atom stereocenters. The Bertz CT molecular complexity index is 1700. The van der Waals surface area contributed by atoms with Crippen molar-refractivity contribution in [2.24, 2.45) is 0 Å². The van der Waals surface area contributed by atoms with Gasteiger partial charge in [-0.25, -0.2) is 9.69 Å². The summed E-state index contributed by atoms with van der Waals surface area (Å²) in [6.07, 6.45) is -1.32. The second-order valence-electron chi connectivity index (χ2n) is 9.02. The third-order valence-electron chi connectivity index (χ3n) is 6.38. The Hall–Kier alpha value is -5.15. The van der Waals surface area contributed by atoms with Crippen LogP contribution in [0.4, 0.5) is 11.4 Å². The first-order valence-corrected chi connectivity index (χ1v) is 12.4. The molecular formula is C30H19ClN2O7. The molecule has 0 aromatic heterocycles. The van der Waals surface area contributed by atoms with Gasteiger partial charge in [-0.05, 0) is 48.9 Å². The van der Waals surface area contributed by atoms with Gasteiger partial charge in [0, 0.05) is 22.2 Å². The summed E-state index contributed by atoms with van der Waals surface area (Å²) in [6.45, 7) is 1.65. The number of anilines is 1. The lowest BCUT2D eigenvalue weighted by Gasteiger charge is -2.18. The first-order chi connectivity index (χ1) is 19.2. The molecule has 0 saturated heterocycles. The number of rotatable bonds is 7. The molecule has 2 amide bonds. The minimum Gasteiger partial charge on any atom is -0.445 e. The van der Waals surface area contributed by atoms with E-state index in [1.807, 2.05) is 0 Å². The highest BCUT2D eigenvalue weighted by atomic mass is 35.5. The van der Waals surface area contributed by atoms with Gasteiger partial charge in [-0.3, -0.25) is 24.5 Å². The molecule has 0 bridgehead atoms. The van der Waals surface area contributed by atoms with Crippen molar-refractivity contribution in [1.29, 1.82) is 0 Å². The number of halogens is 1. The maximum atomic E-state index is 13.3. The van der Waals surface area contributed by atoms with E-state index < -0.39 is 40.3 Å². The Morgan fingerprint density at radius 1 is 0.850 bits per heavy atom. The van der Waals surface area contributed by atoms with Crippen molar-refractivity contribution in [2.75, 3.05) is 4.90 Å². The number of carbonyl (C=O) groups is 4. The minimum atomic E-state index is -1.32. The highest BCUT2D eigenvalue weighted by Crippen LogP contribution is 2.36. The van der Waals surface area contributed by atoms with Gasteiger partial charge in [0.2, 0.25) is 5.78 Å². The molecule has 4 aromatic rings. The molecule has 40 heavy (non-hydrogen) atoms. The summed E-state index contributed by atoms with van der Waals surface area (Å²) in [5.74, 6) is -2.96. The van der Waals surface area contributed by atoms with E-state index >= 15 is 0 Å². The van der Waals surface area contributed by atoms with Crippen LogP contribution in [0.25, 0.3) is 0 Å². The predicted octanol–water partition coefficient (Wildman–Crippen LogP) is 6.14. The molecule has 4 aromatic carbocycles. The van der Waals surface area contributed by atoms with E-state index in [0.717, 1.165) is 0 Å². The minimum absolute atomic E-state index is 0.0222. The van der Waals surface area contributed by atoms with E-state index in [2.05, 4.69) is 0 Å². The highest BCUT2D eigenvalue weighted by molar-refractivity contribution is 6.35. The zero-order valence-electron chi connectivity index (χ0n) is 20.9. The van der Waals surface area contributed by atoms with Crippen molar-refractivity contribution in [1.82, 2.24) is 0 Å². The van der Waals surface area contributed by atoms with Gasteiger partial charge in [0.15, 0.2) is 6.10 Å². The Kier molecular flexibility index (Phi) is 6.98. The van der Waals surface area contributed by atoms with Crippen LogP contribution >= 0.6 is 11.6 Å². The number of Topliss-reactive ketones (excluding diaryl/α,β-unsaturated/α-hetero) is 1. The van der Waals surface area contributed by atoms with Gasteiger partial charge in [0.05, 0.1) is 21.6 Å². The van der Waals surface area contributed by atoms with Crippen LogP contribution < -0.4 is 4.90 Å². The molecular weight excluding hydrogens is 536 g/mol. The second-order valence-corrected chi connectivity index (χ2v) is 9.46. The molecule has 198 valence electrons. The maximum Gasteiger partial charge on any atom is 0.339 e. The van der Waals surface area contributed by atoms with Crippen molar-refractivity contribution < 1.29 is 28.8 Å². The van der Waals surface area contributed by atoms with Crippen LogP contribution in [0.2, 0.25) is 5.02 Å². The van der Waals surface area contributed by atoms with Crippen LogP contribution in [0, 0.1) is 17.0 Å². The molecule has 5 rings (SSSR count). The van der Waals surface area contributed by atoms with Crippen LogP contribution in [0.1, 0.15) is 58.7 Å². The molecule has 1 aliphatic heterocycles. The lowest BCUT2D eigenvalue weighted by Crippen LogP contribution is -2.30. The van der Waals surface area contributed by atoms with Crippen LogP contribution in [0.15, 0.2) is 91.0 Å². The molecule has 0 radical (unpaired) electrons. The number of carbonyl (C=O) groups excluding carboxylic acids is 4. The summed E-state index contributed by atoms with van der Waals surface area (Å²) in [5, 5.41) is 12.0. The molecule has 0 unspecified atom stereocenters. The first kappa shape index (κ1) is 26.5. The fourth-order valence-corrected chi connectivity index (χ4v) is 4.52. The number of fused-ring (bicyclic) bond motifs is 1. The fraction of sp³-hybridized carbons (Fsp3) is 0.0667. The zero-order valence-corrected chi connectivity index (χ0v) is 21.6. The summed E-state index contributed by atoms with van der Waals surface area (Å²) < 4.78 is 5.65. The third-order valence-corrected chi connectivity index (χ3v) is 6.64. The standard InChI is InChI=1S/C30H19ClN2O7/c1-17-7-14-24(25(15-17)33(38)39)32-28(35)22-13-10-20(16-23(22)29(32)36)30(37)40-27(19-8-11-21(31)12-9-19)26(34)18-5-3-2-4-6-18/h2-16,27H,1H3/t27-/m0/s1. The van der Waals surface area contributed by atoms with Gasteiger partial charge in [-0.1, -0.05) is 60.1 Å². The number of esters is 1. The number of nitro benzene ring substituents is 1. The van der Waals surface area contributed by atoms with Crippen LogP contribution in [-0.2, 0) is 4.74 Å². The average molecular weight is 555 g/mol. The quantitative estimate of drug-likeness (QED) is 0.0883. The van der Waals surface area contributed by atoms with E-state index in [0.29, 0.717) is 26.6 Å². The van der Waals surface area contributed by atoms with Crippen molar-refractivity contribution in [2.45, 2.75) is 13.0 Å². The van der Waals surface area contributed by atoms with Gasteiger partial charge >= 0.3 is 5.97 Å². The molecule has 0 fully saturated rings. The van der Waals surface area contributed by atoms with Gasteiger partial charge in [0.25, 0.3) is 17.5 Å². The van der Waals surface area contributed by atoms with Gasteiger partial charge in [0.1, 0.15) is 5.69 Å². The van der Waals surface area contributed by atoms with E-state index in [-0.39, 0.29) is 22.4 Å². The SMILES string of the molecule is Cc1ccc(N2C(=O)c3ccc(C(=O)O[C@H](C(=O)c4ccccc4)c4ccc(Cl)cc4)cc3C2=O)c([N+](=O)[O-])c1. The molecule has 0 saturated carbocycles. The topological polar surface area (TPSA) is 124 Å². The third kappa shape index (κ3) is 4.85. The summed E-state index contributed by atoms with van der Waals surface area (Å²) in [6, 6.07) is 22.5. The number of amides is 2. The predicted molar refractivity (Wildman–Crippen MR) is 146 cm³/mol. The Labute approximate surface area is 232 Å². The summed E-state index contributed by atoms with van der Waals surface area (Å²) in [7, 11) is 0. The maximum absolute atomic E-state index is 13.3. The Balaban J connectivity index is 1.47. The molecule has 0 spiro atoms. The largest absolute Gasteiger partial charge is 0.445 e. The lowest BCUT2D eigenvalue weighted by molar-refractivity contribution is -0.384. The van der Waals surface area contributed by atoms with E-state index in [1.54, 1.807) is 67.6 Å². The second kappa shape index (κ2) is 10.5. The molecule has 1 aliphatic rings. The number of imide groups is 1. The highest BCUT2D eigenvalue weighted by Gasteiger charge is 2.40. The van der Waals surface area contributed by atoms with Gasteiger partial charge in [-0.15, -0.1) is 0 Å². The van der Waals surface area contributed by atoms with Gasteiger partial charge < -0.3 is 4.74 Å². The van der Waals surface area contributed by atoms with Crippen LogP contribution in [0.3, 0.4) is 0 Å². The molecule has 10 heteroatoms. The summed E-state index contributed by atoms with van der Waals surface area (Å²) >= 11 is 5.99. The Morgan fingerprint density at radius 3 is 2.20 bits per heavy atom. The number of aryl methyl sites for hydroxylation is 1. The first-order valence-electron chi connectivity index (χ1n) is 12.0. The van der Waals surface area contributed by atoms with Crippen molar-refractivity contribution in [3.63, 3.8) is 0 Å². The number of ketones is 1. The normalized spacial score (nSPS) is 13.1. The molecule has 1 heterocycles. The van der Waals surface area contributed by atoms with Crippen molar-refractivity contribution >= 4 is 46.5 Å². The molecule has 0 N–H and O–H groups in total. The number of nitrogens with zero attached hydrogens (tertiary/aromatic N) is 2. The zero-order chi connectivity index (χ0) is 28.6. The number of hydrogen-bond donors (Lipinski definition) is 0. The van der Waals surface area contributed by atoms with Gasteiger partial charge in [-0.2, -0.15) is 0 Å². The lowest BCUT2D eigenvalue weighted by atomic mass is 9.99. The number of ether oxygens (including phenoxy) is 1. The average Bonchev–Trinajstić information content (AvgIpc) is 3.21. The fourth-order valence-electron chi connectivity index (χ4n) is 4.39. The van der Waals surface area contributed by atoms with E-state index in [4.69, 9.17) is 16.3 Å². The Morgan fingerprint density at radius 2 is 1.52 bits per heavy atom. The van der Waals surface area contributed by atoms with E-state index in [9.17, 15) is 29.3 Å². The van der Waals surface area contributed by atoms with Crippen LogP contribution in [-0.4, -0.2) is 28.5 Å². The van der Waals surface area contributed by atoms with Crippen molar-refractivity contribution in [3.05, 3.63) is 140 Å². The van der Waals surface area contributed by atoms with E-state index in [1.165, 1.54) is 30.3 Å².